The predicted octanol–water partition coefficient (Wildman–Crippen LogP) is 4.55. The lowest BCUT2D eigenvalue weighted by Crippen LogP contribution is -2.57. The number of carbonyl (C=O) groups excluding carboxylic acids is 6. The van der Waals surface area contributed by atoms with Gasteiger partial charge in [0.1, 0.15) is 30.3 Å². The van der Waals surface area contributed by atoms with Crippen LogP contribution < -0.4 is 5.32 Å². The van der Waals surface area contributed by atoms with E-state index in [0.29, 0.717) is 38.5 Å². The van der Waals surface area contributed by atoms with Gasteiger partial charge in [-0.15, -0.1) is 6.58 Å². The van der Waals surface area contributed by atoms with E-state index in [1.807, 2.05) is 44.2 Å². The van der Waals surface area contributed by atoms with E-state index in [9.17, 15) is 28.8 Å². The van der Waals surface area contributed by atoms with Gasteiger partial charge in [0.05, 0.1) is 5.92 Å². The second-order valence-corrected chi connectivity index (χ2v) is 15.4. The highest BCUT2D eigenvalue weighted by Crippen LogP contribution is 2.28. The highest BCUT2D eigenvalue weighted by atomic mass is 16.6. The number of ether oxygens (including phenoxy) is 2. The molecule has 2 fully saturated rings. The number of carbonyl (C=O) groups is 6. The van der Waals surface area contributed by atoms with Crippen molar-refractivity contribution in [3.05, 3.63) is 48.6 Å². The second kappa shape index (κ2) is 19.7. The summed E-state index contributed by atoms with van der Waals surface area (Å²) in [5.41, 5.74) is 0.770. The SMILES string of the molecule is C=CCCCC1OC(=O)[C@H](C(C)CC)N(C)C(=O)C2CCCN2C(=O)[C@H](C(C)C)OC(=O)[C@H](Cc2ccccc2)N(C)C(=O)[C@H](C(C)C)NC(=O)C1C. The molecule has 2 aliphatic heterocycles. The molecule has 0 saturated carbocycles. The summed E-state index contributed by atoms with van der Waals surface area (Å²) >= 11 is 0. The number of nitrogens with zero attached hydrogens (tertiary/aromatic N) is 3. The first-order chi connectivity index (χ1) is 25.0. The lowest BCUT2D eigenvalue weighted by molar-refractivity contribution is -0.171. The van der Waals surface area contributed by atoms with Crippen molar-refractivity contribution in [2.45, 2.75) is 130 Å². The first-order valence-corrected chi connectivity index (χ1v) is 19.2. The topological polar surface area (TPSA) is 143 Å². The molecule has 2 heterocycles. The van der Waals surface area contributed by atoms with Crippen LogP contribution in [0.1, 0.15) is 92.6 Å². The smallest absolute Gasteiger partial charge is 0.329 e. The zero-order chi connectivity index (χ0) is 39.6. The standard InChI is InChI=1S/C41H62N4O8/c1-11-13-15-22-32-28(8)36(46)42-33(25(3)4)38(48)43(9)31(24-29-19-16-14-17-20-29)40(50)53-35(26(5)6)39(49)45-23-18-21-30(45)37(47)44(10)34(27(7)12-2)41(51)52-32/h11,14,16-17,19-20,25-28,30-35H,1,12-13,15,18,21-24H2,2-10H3,(H,42,46)/t27?,28?,30?,31-,32?,33-,34-,35-/m0/s1. The zero-order valence-electron chi connectivity index (χ0n) is 33.2. The van der Waals surface area contributed by atoms with Crippen molar-refractivity contribution in [1.82, 2.24) is 20.0 Å². The van der Waals surface area contributed by atoms with Gasteiger partial charge in [0, 0.05) is 27.1 Å². The van der Waals surface area contributed by atoms with E-state index in [0.717, 1.165) is 5.56 Å². The van der Waals surface area contributed by atoms with Crippen LogP contribution in [0.3, 0.4) is 0 Å². The maximum atomic E-state index is 14.3. The van der Waals surface area contributed by atoms with E-state index >= 15 is 0 Å². The van der Waals surface area contributed by atoms with Crippen LogP contribution in [0.4, 0.5) is 0 Å². The Labute approximate surface area is 316 Å². The summed E-state index contributed by atoms with van der Waals surface area (Å²) in [6.07, 6.45) is 2.82. The summed E-state index contributed by atoms with van der Waals surface area (Å²) in [6.45, 7) is 16.6. The number of unbranched alkanes of at least 4 members (excludes halogenated alkanes) is 1. The first kappa shape index (κ1) is 43.2. The molecule has 294 valence electrons. The van der Waals surface area contributed by atoms with Crippen molar-refractivity contribution in [1.29, 1.82) is 0 Å². The van der Waals surface area contributed by atoms with Crippen molar-refractivity contribution >= 4 is 35.6 Å². The largest absolute Gasteiger partial charge is 0.460 e. The van der Waals surface area contributed by atoms with Crippen molar-refractivity contribution in [3.63, 3.8) is 0 Å². The van der Waals surface area contributed by atoms with E-state index in [1.165, 1.54) is 21.7 Å². The fourth-order valence-electron chi connectivity index (χ4n) is 7.14. The lowest BCUT2D eigenvalue weighted by Gasteiger charge is -2.37. The zero-order valence-corrected chi connectivity index (χ0v) is 33.2. The maximum absolute atomic E-state index is 14.3. The van der Waals surface area contributed by atoms with Crippen molar-refractivity contribution in [2.24, 2.45) is 23.7 Å². The molecule has 0 spiro atoms. The molecule has 1 N–H and O–H groups in total. The second-order valence-electron chi connectivity index (χ2n) is 15.4. The monoisotopic (exact) mass is 738 g/mol. The Morgan fingerprint density at radius 1 is 0.887 bits per heavy atom. The molecular formula is C41H62N4O8. The molecule has 3 rings (SSSR count). The van der Waals surface area contributed by atoms with Gasteiger partial charge in [0.2, 0.25) is 17.7 Å². The number of cyclic esters (lactones) is 2. The van der Waals surface area contributed by atoms with Gasteiger partial charge in [0.15, 0.2) is 6.10 Å². The maximum Gasteiger partial charge on any atom is 0.329 e. The summed E-state index contributed by atoms with van der Waals surface area (Å²) in [5, 5.41) is 2.90. The van der Waals surface area contributed by atoms with E-state index in [1.54, 1.807) is 47.7 Å². The molecule has 1 aromatic carbocycles. The van der Waals surface area contributed by atoms with Crippen molar-refractivity contribution in [2.75, 3.05) is 20.6 Å². The van der Waals surface area contributed by atoms with Crippen molar-refractivity contribution in [3.8, 4) is 0 Å². The molecule has 8 atom stereocenters. The van der Waals surface area contributed by atoms with E-state index < -0.39 is 83.8 Å². The number of allylic oxidation sites excluding steroid dienone is 1. The van der Waals surface area contributed by atoms with Crippen LogP contribution in [0, 0.1) is 23.7 Å². The number of amides is 4. The van der Waals surface area contributed by atoms with Gasteiger partial charge in [0.25, 0.3) is 5.91 Å². The highest BCUT2D eigenvalue weighted by Gasteiger charge is 2.45. The number of benzene rings is 1. The quantitative estimate of drug-likeness (QED) is 0.210. The van der Waals surface area contributed by atoms with Crippen molar-refractivity contribution < 1.29 is 38.2 Å². The molecule has 12 heteroatoms. The Morgan fingerprint density at radius 3 is 2.13 bits per heavy atom. The molecule has 1 aromatic rings. The van der Waals surface area contributed by atoms with Gasteiger partial charge >= 0.3 is 11.9 Å². The third-order valence-electron chi connectivity index (χ3n) is 10.8. The molecule has 12 nitrogen and oxygen atoms in total. The average molecular weight is 739 g/mol. The van der Waals surface area contributed by atoms with Crippen LogP contribution in [0.5, 0.6) is 0 Å². The Hall–Kier alpha value is -4.22. The number of fused-ring (bicyclic) bond motifs is 1. The van der Waals surface area contributed by atoms with E-state index in [4.69, 9.17) is 9.47 Å². The van der Waals surface area contributed by atoms with Crippen LogP contribution >= 0.6 is 0 Å². The van der Waals surface area contributed by atoms with Crippen LogP contribution in [-0.2, 0) is 44.7 Å². The number of hydrogen-bond acceptors (Lipinski definition) is 8. The summed E-state index contributed by atoms with van der Waals surface area (Å²) in [7, 11) is 3.05. The Bertz CT molecular complexity index is 1450. The Balaban J connectivity index is 2.18. The molecule has 0 aliphatic carbocycles. The van der Waals surface area contributed by atoms with Crippen LogP contribution in [0.15, 0.2) is 43.0 Å². The summed E-state index contributed by atoms with van der Waals surface area (Å²) in [4.78, 5) is 89.3. The minimum absolute atomic E-state index is 0.101. The van der Waals surface area contributed by atoms with E-state index in [-0.39, 0.29) is 24.8 Å². The molecule has 0 bridgehead atoms. The van der Waals surface area contributed by atoms with Crippen LogP contribution in [-0.4, -0.2) is 107 Å². The van der Waals surface area contributed by atoms with Gasteiger partial charge in [-0.1, -0.05) is 91.3 Å². The number of likely N-dealkylation sites (N-methyl/N-ethyl adjacent to an activating group) is 2. The number of rotatable bonds is 10. The fraction of sp³-hybridized carbons (Fsp3) is 0.659. The minimum atomic E-state index is -1.24. The van der Waals surface area contributed by atoms with E-state index in [2.05, 4.69) is 11.9 Å². The molecule has 2 aliphatic rings. The third-order valence-corrected chi connectivity index (χ3v) is 10.8. The number of esters is 2. The molecule has 2 saturated heterocycles. The normalized spacial score (nSPS) is 27.8. The summed E-state index contributed by atoms with van der Waals surface area (Å²) in [6, 6.07) is 5.16. The van der Waals surface area contributed by atoms with Gasteiger partial charge in [-0.25, -0.2) is 9.59 Å². The summed E-state index contributed by atoms with van der Waals surface area (Å²) < 4.78 is 12.2. The third kappa shape index (κ3) is 10.7. The molecular weight excluding hydrogens is 676 g/mol. The molecule has 4 unspecified atom stereocenters. The van der Waals surface area contributed by atoms with Crippen LogP contribution in [0.25, 0.3) is 0 Å². The molecule has 0 radical (unpaired) electrons. The fourth-order valence-corrected chi connectivity index (χ4v) is 7.14. The molecule has 4 amide bonds. The first-order valence-electron chi connectivity index (χ1n) is 19.2. The molecule has 0 aromatic heterocycles. The minimum Gasteiger partial charge on any atom is -0.460 e. The molecule has 53 heavy (non-hydrogen) atoms. The number of hydrogen-bond donors (Lipinski definition) is 1. The van der Waals surface area contributed by atoms with Gasteiger partial charge in [-0.2, -0.15) is 0 Å². The Morgan fingerprint density at radius 2 is 1.55 bits per heavy atom. The van der Waals surface area contributed by atoms with Gasteiger partial charge < -0.3 is 29.5 Å². The average Bonchev–Trinajstić information content (AvgIpc) is 3.63. The van der Waals surface area contributed by atoms with Gasteiger partial charge in [-0.3, -0.25) is 19.2 Å². The van der Waals surface area contributed by atoms with Gasteiger partial charge in [-0.05, 0) is 55.4 Å². The van der Waals surface area contributed by atoms with Crippen LogP contribution in [0.2, 0.25) is 0 Å². The predicted molar refractivity (Wildman–Crippen MR) is 202 cm³/mol. The highest BCUT2D eigenvalue weighted by molar-refractivity contribution is 5.95. The Kier molecular flexibility index (Phi) is 16.1. The summed E-state index contributed by atoms with van der Waals surface area (Å²) in [5.74, 6) is -5.32. The number of nitrogens with one attached hydrogen (secondary N) is 1. The lowest BCUT2D eigenvalue weighted by atomic mass is 9.94.